The molecule has 0 aliphatic carbocycles. The third-order valence-electron chi connectivity index (χ3n) is 4.90. The second-order valence-corrected chi connectivity index (χ2v) is 9.32. The van der Waals surface area contributed by atoms with E-state index in [-0.39, 0.29) is 17.6 Å². The largest absolute Gasteiger partial charge is 0.494 e. The highest BCUT2D eigenvalue weighted by Gasteiger charge is 2.20. The monoisotopic (exact) mass is 445 g/mol. The maximum Gasteiger partial charge on any atom is 0.258 e. The zero-order chi connectivity index (χ0) is 21.5. The second-order valence-electron chi connectivity index (χ2n) is 7.32. The van der Waals surface area contributed by atoms with Crippen LogP contribution in [0.2, 0.25) is 0 Å². The molecule has 0 radical (unpaired) electrons. The van der Waals surface area contributed by atoms with Crippen molar-refractivity contribution in [2.45, 2.75) is 33.2 Å². The lowest BCUT2D eigenvalue weighted by molar-refractivity contribution is -0.130. The van der Waals surface area contributed by atoms with Crippen molar-refractivity contribution in [3.8, 4) is 18.1 Å². The molecule has 0 spiro atoms. The van der Waals surface area contributed by atoms with Crippen LogP contribution in [0, 0.1) is 18.3 Å². The third-order valence-corrected chi connectivity index (χ3v) is 6.84. The molecular weight excluding hydrogens is 418 g/mol. The van der Waals surface area contributed by atoms with Crippen LogP contribution in [0.15, 0.2) is 23.2 Å². The van der Waals surface area contributed by atoms with Crippen molar-refractivity contribution in [1.82, 2.24) is 9.47 Å². The van der Waals surface area contributed by atoms with E-state index in [1.54, 1.807) is 0 Å². The van der Waals surface area contributed by atoms with Gasteiger partial charge in [-0.2, -0.15) is 4.99 Å². The molecular formula is C22H27N3O3S2. The molecule has 1 atom stereocenters. The topological polar surface area (TPSA) is 63.9 Å². The van der Waals surface area contributed by atoms with E-state index < -0.39 is 0 Å². The van der Waals surface area contributed by atoms with E-state index >= 15 is 0 Å². The van der Waals surface area contributed by atoms with Gasteiger partial charge in [-0.15, -0.1) is 18.2 Å². The van der Waals surface area contributed by atoms with E-state index in [0.29, 0.717) is 29.6 Å². The number of fused-ring (bicyclic) bond motifs is 1. The summed E-state index contributed by atoms with van der Waals surface area (Å²) in [5, 5.41) is 0. The maximum absolute atomic E-state index is 12.4. The summed E-state index contributed by atoms with van der Waals surface area (Å²) in [6.45, 7) is 6.66. The van der Waals surface area contributed by atoms with Gasteiger partial charge in [0.25, 0.3) is 5.91 Å². The van der Waals surface area contributed by atoms with Gasteiger partial charge < -0.3 is 14.2 Å². The van der Waals surface area contributed by atoms with Gasteiger partial charge in [-0.05, 0) is 43.9 Å². The number of nitrogens with zero attached hydrogens (tertiary/aromatic N) is 3. The predicted octanol–water partition coefficient (Wildman–Crippen LogP) is 3.15. The van der Waals surface area contributed by atoms with Crippen LogP contribution in [-0.2, 0) is 16.1 Å². The molecule has 8 heteroatoms. The molecule has 1 aliphatic heterocycles. The standard InChI is InChI=1S/C22H27N3O3S2/c1-4-10-25-18-9-8-17(28-5-2)12-19(18)30-22(25)23-20(26)14-29-15-21(27)24-11-6-7-16(3)13-24/h1,8-9,12,16H,5-7,10-11,13-15H2,2-3H3. The van der Waals surface area contributed by atoms with Crippen LogP contribution < -0.4 is 9.54 Å². The number of terminal acetylenes is 1. The Bertz CT molecular complexity index is 1020. The number of aromatic nitrogens is 1. The number of piperidine rings is 1. The Morgan fingerprint density at radius 1 is 1.40 bits per heavy atom. The van der Waals surface area contributed by atoms with Gasteiger partial charge in [-0.3, -0.25) is 9.59 Å². The van der Waals surface area contributed by atoms with Gasteiger partial charge in [0, 0.05) is 13.1 Å². The van der Waals surface area contributed by atoms with E-state index in [4.69, 9.17) is 11.2 Å². The van der Waals surface area contributed by atoms with Crippen molar-refractivity contribution < 1.29 is 14.3 Å². The van der Waals surface area contributed by atoms with Gasteiger partial charge in [0.2, 0.25) is 5.91 Å². The van der Waals surface area contributed by atoms with Crippen LogP contribution >= 0.6 is 23.1 Å². The number of rotatable bonds is 7. The summed E-state index contributed by atoms with van der Waals surface area (Å²) in [6, 6.07) is 5.76. The fourth-order valence-corrected chi connectivity index (χ4v) is 5.28. The van der Waals surface area contributed by atoms with Gasteiger partial charge >= 0.3 is 0 Å². The first kappa shape index (κ1) is 22.4. The minimum Gasteiger partial charge on any atom is -0.494 e. The molecule has 1 unspecified atom stereocenters. The molecule has 2 heterocycles. The number of hydrogen-bond acceptors (Lipinski definition) is 5. The number of amides is 2. The van der Waals surface area contributed by atoms with E-state index in [1.807, 2.05) is 34.6 Å². The molecule has 3 rings (SSSR count). The van der Waals surface area contributed by atoms with Crippen molar-refractivity contribution in [2.24, 2.45) is 10.9 Å². The van der Waals surface area contributed by atoms with E-state index in [2.05, 4.69) is 17.8 Å². The van der Waals surface area contributed by atoms with Crippen molar-refractivity contribution in [1.29, 1.82) is 0 Å². The smallest absolute Gasteiger partial charge is 0.258 e. The number of thioether (sulfide) groups is 1. The van der Waals surface area contributed by atoms with E-state index in [0.717, 1.165) is 35.5 Å². The normalized spacial score (nSPS) is 17.2. The van der Waals surface area contributed by atoms with E-state index in [9.17, 15) is 9.59 Å². The summed E-state index contributed by atoms with van der Waals surface area (Å²) in [5.74, 6) is 4.27. The second kappa shape index (κ2) is 10.7. The molecule has 160 valence electrons. The molecule has 2 aromatic rings. The number of carbonyl (C=O) groups is 2. The molecule has 30 heavy (non-hydrogen) atoms. The van der Waals surface area contributed by atoms with Gasteiger partial charge in [-0.25, -0.2) is 0 Å². The molecule has 1 aromatic carbocycles. The molecule has 6 nitrogen and oxygen atoms in total. The van der Waals surface area contributed by atoms with Gasteiger partial charge in [-0.1, -0.05) is 24.2 Å². The van der Waals surface area contributed by atoms with Crippen LogP contribution in [0.3, 0.4) is 0 Å². The first-order valence-corrected chi connectivity index (χ1v) is 12.1. The first-order chi connectivity index (χ1) is 14.5. The van der Waals surface area contributed by atoms with Crippen molar-refractivity contribution in [3.05, 3.63) is 23.0 Å². The maximum atomic E-state index is 12.4. The minimum atomic E-state index is -0.262. The highest BCUT2D eigenvalue weighted by atomic mass is 32.2. The fraction of sp³-hybridized carbons (Fsp3) is 0.500. The fourth-order valence-electron chi connectivity index (χ4n) is 3.51. The average molecular weight is 446 g/mol. The third kappa shape index (κ3) is 5.67. The molecule has 0 N–H and O–H groups in total. The molecule has 0 bridgehead atoms. The summed E-state index contributed by atoms with van der Waals surface area (Å²) in [4.78, 5) is 31.5. The number of likely N-dealkylation sites (tertiary alicyclic amines) is 1. The summed E-state index contributed by atoms with van der Waals surface area (Å²) in [7, 11) is 0. The lowest BCUT2D eigenvalue weighted by atomic mass is 10.0. The highest BCUT2D eigenvalue weighted by molar-refractivity contribution is 8.00. The predicted molar refractivity (Wildman–Crippen MR) is 123 cm³/mol. The van der Waals surface area contributed by atoms with Crippen LogP contribution in [0.25, 0.3) is 10.2 Å². The van der Waals surface area contributed by atoms with Crippen molar-refractivity contribution in [2.75, 3.05) is 31.2 Å². The Balaban J connectivity index is 1.67. The Morgan fingerprint density at radius 3 is 2.97 bits per heavy atom. The van der Waals surface area contributed by atoms with Gasteiger partial charge in [0.05, 0.1) is 34.9 Å². The van der Waals surface area contributed by atoms with Crippen LogP contribution in [0.1, 0.15) is 26.7 Å². The highest BCUT2D eigenvalue weighted by Crippen LogP contribution is 2.23. The number of ether oxygens (including phenoxy) is 1. The molecule has 1 aromatic heterocycles. The lowest BCUT2D eigenvalue weighted by Crippen LogP contribution is -2.40. The van der Waals surface area contributed by atoms with E-state index in [1.165, 1.54) is 29.5 Å². The molecule has 2 amide bonds. The number of thiazole rings is 1. The molecule has 0 saturated carbocycles. The van der Waals surface area contributed by atoms with Crippen LogP contribution in [0.4, 0.5) is 0 Å². The number of benzene rings is 1. The molecule has 1 saturated heterocycles. The summed E-state index contributed by atoms with van der Waals surface area (Å²) in [5.41, 5.74) is 0.926. The lowest BCUT2D eigenvalue weighted by Gasteiger charge is -2.30. The van der Waals surface area contributed by atoms with Crippen LogP contribution in [0.5, 0.6) is 5.75 Å². The Labute approximate surface area is 185 Å². The van der Waals surface area contributed by atoms with Gasteiger partial charge in [0.15, 0.2) is 4.80 Å². The van der Waals surface area contributed by atoms with Crippen LogP contribution in [-0.4, -0.2) is 52.5 Å². The van der Waals surface area contributed by atoms with Gasteiger partial charge in [0.1, 0.15) is 5.75 Å². The SMILES string of the molecule is C#CCn1c(=NC(=O)CSCC(=O)N2CCCC(C)C2)sc2cc(OCC)ccc21. The number of hydrogen-bond donors (Lipinski definition) is 0. The average Bonchev–Trinajstić information content (AvgIpc) is 3.04. The first-order valence-electron chi connectivity index (χ1n) is 10.1. The summed E-state index contributed by atoms with van der Waals surface area (Å²) < 4.78 is 8.38. The molecule has 1 fully saturated rings. The summed E-state index contributed by atoms with van der Waals surface area (Å²) >= 11 is 2.73. The van der Waals surface area contributed by atoms with Crippen molar-refractivity contribution in [3.63, 3.8) is 0 Å². The quantitative estimate of drug-likeness (QED) is 0.614. The number of carbonyl (C=O) groups excluding carboxylic acids is 2. The van der Waals surface area contributed by atoms with Crippen molar-refractivity contribution >= 4 is 45.1 Å². The Kier molecular flexibility index (Phi) is 8.00. The summed E-state index contributed by atoms with van der Waals surface area (Å²) in [6.07, 6.45) is 7.75. The minimum absolute atomic E-state index is 0.104. The Morgan fingerprint density at radius 2 is 2.23 bits per heavy atom. The zero-order valence-electron chi connectivity index (χ0n) is 17.4. The molecule has 1 aliphatic rings. The Hall–Kier alpha value is -2.24. The zero-order valence-corrected chi connectivity index (χ0v) is 19.1.